The molecule has 0 spiro atoms. The molecule has 0 aliphatic carbocycles. The number of phenolic OH excluding ortho intramolecular Hbond substituents is 1. The summed E-state index contributed by atoms with van der Waals surface area (Å²) in [7, 11) is 1.08. The monoisotopic (exact) mass is 362 g/mol. The Morgan fingerprint density at radius 2 is 1.88 bits per heavy atom. The molecule has 0 fully saturated rings. The molecule has 2 aromatic carbocycles. The van der Waals surface area contributed by atoms with Gasteiger partial charge in [0.15, 0.2) is 0 Å². The molecule has 0 radical (unpaired) electrons. The topological polar surface area (TPSA) is 46.5 Å². The molecule has 0 aromatic heterocycles. The van der Waals surface area contributed by atoms with Crippen molar-refractivity contribution in [3.63, 3.8) is 0 Å². The number of phenols is 1. The van der Waals surface area contributed by atoms with E-state index in [2.05, 4.69) is 4.74 Å². The van der Waals surface area contributed by atoms with Crippen molar-refractivity contribution in [1.29, 1.82) is 0 Å². The van der Waals surface area contributed by atoms with Crippen LogP contribution in [0.25, 0.3) is 0 Å². The van der Waals surface area contributed by atoms with Crippen LogP contribution in [0.3, 0.4) is 0 Å². The average Bonchev–Trinajstić information content (AvgIpc) is 2.49. The first kappa shape index (κ1) is 18.1. The van der Waals surface area contributed by atoms with Crippen molar-refractivity contribution in [2.75, 3.05) is 7.11 Å². The van der Waals surface area contributed by atoms with Crippen LogP contribution in [0.15, 0.2) is 30.3 Å². The maximum absolute atomic E-state index is 13.0. The lowest BCUT2D eigenvalue weighted by Gasteiger charge is -2.15. The SMILES string of the molecule is COC(=O)c1cc(Cl)c(C(F)(F)F)cc1Cc1ccc(F)cc1O. The summed E-state index contributed by atoms with van der Waals surface area (Å²) in [6, 6.07) is 4.68. The van der Waals surface area contributed by atoms with E-state index in [0.29, 0.717) is 0 Å². The fourth-order valence-corrected chi connectivity index (χ4v) is 2.44. The third-order valence-corrected chi connectivity index (χ3v) is 3.64. The van der Waals surface area contributed by atoms with E-state index < -0.39 is 34.3 Å². The number of methoxy groups -OCH3 is 1. The van der Waals surface area contributed by atoms with E-state index in [9.17, 15) is 27.5 Å². The highest BCUT2D eigenvalue weighted by molar-refractivity contribution is 6.31. The quantitative estimate of drug-likeness (QED) is 0.642. The molecule has 3 nitrogen and oxygen atoms in total. The number of carbonyl (C=O) groups is 1. The number of aromatic hydroxyl groups is 1. The van der Waals surface area contributed by atoms with E-state index in [0.717, 1.165) is 31.4 Å². The fourth-order valence-electron chi connectivity index (χ4n) is 2.17. The van der Waals surface area contributed by atoms with E-state index in [-0.39, 0.29) is 23.1 Å². The fraction of sp³-hybridized carbons (Fsp3) is 0.188. The Balaban J connectivity index is 2.58. The van der Waals surface area contributed by atoms with Crippen LogP contribution in [0.1, 0.15) is 27.0 Å². The molecule has 0 saturated carbocycles. The van der Waals surface area contributed by atoms with Gasteiger partial charge >= 0.3 is 12.1 Å². The second-order valence-corrected chi connectivity index (χ2v) is 5.34. The summed E-state index contributed by atoms with van der Waals surface area (Å²) in [6.07, 6.45) is -4.96. The predicted molar refractivity (Wildman–Crippen MR) is 78.7 cm³/mol. The molecular weight excluding hydrogens is 352 g/mol. The largest absolute Gasteiger partial charge is 0.508 e. The highest BCUT2D eigenvalue weighted by atomic mass is 35.5. The third-order valence-electron chi connectivity index (χ3n) is 3.33. The van der Waals surface area contributed by atoms with Gasteiger partial charge in [-0.05, 0) is 29.3 Å². The second kappa shape index (κ2) is 6.68. The van der Waals surface area contributed by atoms with Crippen molar-refractivity contribution in [1.82, 2.24) is 0 Å². The Labute approximate surface area is 139 Å². The van der Waals surface area contributed by atoms with Crippen LogP contribution >= 0.6 is 11.6 Å². The van der Waals surface area contributed by atoms with Crippen LogP contribution in [0.5, 0.6) is 5.75 Å². The van der Waals surface area contributed by atoms with Crippen LogP contribution < -0.4 is 0 Å². The minimum atomic E-state index is -4.72. The summed E-state index contributed by atoms with van der Waals surface area (Å²) in [5.41, 5.74) is -1.19. The summed E-state index contributed by atoms with van der Waals surface area (Å²) >= 11 is 5.62. The Morgan fingerprint density at radius 1 is 1.21 bits per heavy atom. The highest BCUT2D eigenvalue weighted by Crippen LogP contribution is 2.37. The van der Waals surface area contributed by atoms with E-state index >= 15 is 0 Å². The van der Waals surface area contributed by atoms with Gasteiger partial charge in [-0.15, -0.1) is 0 Å². The van der Waals surface area contributed by atoms with Gasteiger partial charge in [0.25, 0.3) is 0 Å². The lowest BCUT2D eigenvalue weighted by molar-refractivity contribution is -0.137. The molecule has 128 valence electrons. The summed E-state index contributed by atoms with van der Waals surface area (Å²) < 4.78 is 56.6. The lowest BCUT2D eigenvalue weighted by atomic mass is 9.96. The molecule has 0 heterocycles. The van der Waals surface area contributed by atoms with Gasteiger partial charge in [0.05, 0.1) is 23.3 Å². The summed E-state index contributed by atoms with van der Waals surface area (Å²) in [5.74, 6) is -2.01. The van der Waals surface area contributed by atoms with Crippen molar-refractivity contribution < 1.29 is 32.2 Å². The molecule has 2 aromatic rings. The van der Waals surface area contributed by atoms with Crippen LogP contribution in [-0.4, -0.2) is 18.2 Å². The van der Waals surface area contributed by atoms with Gasteiger partial charge in [0, 0.05) is 12.5 Å². The zero-order chi connectivity index (χ0) is 18.1. The molecule has 0 aliphatic heterocycles. The van der Waals surface area contributed by atoms with Crippen molar-refractivity contribution in [3.05, 3.63) is 63.4 Å². The van der Waals surface area contributed by atoms with E-state index in [4.69, 9.17) is 11.6 Å². The molecule has 0 amide bonds. The first-order valence-corrected chi connectivity index (χ1v) is 6.96. The third kappa shape index (κ3) is 3.79. The van der Waals surface area contributed by atoms with Crippen LogP contribution in [-0.2, 0) is 17.3 Å². The minimum Gasteiger partial charge on any atom is -0.508 e. The Bertz CT molecular complexity index is 788. The van der Waals surface area contributed by atoms with Gasteiger partial charge < -0.3 is 9.84 Å². The van der Waals surface area contributed by atoms with Crippen LogP contribution in [0.2, 0.25) is 5.02 Å². The Morgan fingerprint density at radius 3 is 2.42 bits per heavy atom. The molecule has 0 saturated heterocycles. The number of alkyl halides is 3. The molecule has 0 atom stereocenters. The highest BCUT2D eigenvalue weighted by Gasteiger charge is 2.34. The molecule has 0 unspecified atom stereocenters. The molecule has 0 aliphatic rings. The number of carbonyl (C=O) groups excluding carboxylic acids is 1. The summed E-state index contributed by atoms with van der Waals surface area (Å²) in [5, 5.41) is 9.08. The van der Waals surface area contributed by atoms with Gasteiger partial charge in [-0.3, -0.25) is 0 Å². The van der Waals surface area contributed by atoms with E-state index in [1.54, 1.807) is 0 Å². The van der Waals surface area contributed by atoms with Gasteiger partial charge in [0.1, 0.15) is 11.6 Å². The minimum absolute atomic E-state index is 0.0551. The Kier molecular flexibility index (Phi) is 5.03. The summed E-state index contributed by atoms with van der Waals surface area (Å²) in [4.78, 5) is 11.8. The number of esters is 1. The molecular formula is C16H11ClF4O3. The van der Waals surface area contributed by atoms with Gasteiger partial charge in [-0.2, -0.15) is 13.2 Å². The standard InChI is InChI=1S/C16H11ClF4O3/c1-24-15(23)11-7-13(17)12(16(19,20)21)5-9(11)4-8-2-3-10(18)6-14(8)22/h2-3,5-7,22H,4H2,1H3. The zero-order valence-electron chi connectivity index (χ0n) is 12.2. The van der Waals surface area contributed by atoms with Crippen molar-refractivity contribution in [2.24, 2.45) is 0 Å². The maximum Gasteiger partial charge on any atom is 0.417 e. The van der Waals surface area contributed by atoms with Crippen LogP contribution in [0.4, 0.5) is 17.6 Å². The number of hydrogen-bond donors (Lipinski definition) is 1. The van der Waals surface area contributed by atoms with Gasteiger partial charge in [-0.1, -0.05) is 17.7 Å². The van der Waals surface area contributed by atoms with E-state index in [1.165, 1.54) is 6.07 Å². The normalized spacial score (nSPS) is 11.4. The summed E-state index contributed by atoms with van der Waals surface area (Å²) in [6.45, 7) is 0. The molecule has 8 heteroatoms. The lowest BCUT2D eigenvalue weighted by Crippen LogP contribution is -2.12. The number of halogens is 5. The first-order valence-electron chi connectivity index (χ1n) is 6.58. The second-order valence-electron chi connectivity index (χ2n) is 4.93. The number of rotatable bonds is 3. The van der Waals surface area contributed by atoms with Crippen molar-refractivity contribution in [3.8, 4) is 5.75 Å². The first-order chi connectivity index (χ1) is 11.1. The van der Waals surface area contributed by atoms with Crippen molar-refractivity contribution in [2.45, 2.75) is 12.6 Å². The average molecular weight is 363 g/mol. The zero-order valence-corrected chi connectivity index (χ0v) is 13.0. The van der Waals surface area contributed by atoms with Crippen LogP contribution in [0, 0.1) is 5.82 Å². The smallest absolute Gasteiger partial charge is 0.417 e. The number of benzene rings is 2. The molecule has 24 heavy (non-hydrogen) atoms. The predicted octanol–water partition coefficient (Wildman–Crippen LogP) is 4.58. The molecule has 1 N–H and O–H groups in total. The number of hydrogen-bond acceptors (Lipinski definition) is 3. The molecule has 0 bridgehead atoms. The Hall–Kier alpha value is -2.28. The maximum atomic E-state index is 13.0. The van der Waals surface area contributed by atoms with Gasteiger partial charge in [-0.25, -0.2) is 9.18 Å². The number of ether oxygens (including phenoxy) is 1. The van der Waals surface area contributed by atoms with Crippen molar-refractivity contribution >= 4 is 17.6 Å². The van der Waals surface area contributed by atoms with E-state index in [1.807, 2.05) is 0 Å². The van der Waals surface area contributed by atoms with Gasteiger partial charge in [0.2, 0.25) is 0 Å². The molecule has 2 rings (SSSR count).